The second-order valence-corrected chi connectivity index (χ2v) is 4.10. The topological polar surface area (TPSA) is 105 Å². The fraction of sp³-hybridized carbons (Fsp3) is 0.455. The highest BCUT2D eigenvalue weighted by molar-refractivity contribution is 5.06. The third-order valence-corrected chi connectivity index (χ3v) is 2.77. The lowest BCUT2D eigenvalue weighted by Crippen LogP contribution is -2.40. The van der Waals surface area contributed by atoms with Gasteiger partial charge in [-0.3, -0.25) is 14.3 Å². The Morgan fingerprint density at radius 3 is 2.83 bits per heavy atom. The minimum Gasteiger partial charge on any atom is -0.394 e. The molecule has 1 aliphatic heterocycles. The summed E-state index contributed by atoms with van der Waals surface area (Å²) in [6.45, 7) is 1.21. The normalized spacial score (nSPS) is 27.4. The fourth-order valence-corrected chi connectivity index (χ4v) is 1.72. The molecule has 0 unspecified atom stereocenters. The van der Waals surface area contributed by atoms with Crippen LogP contribution in [0.4, 0.5) is 0 Å². The van der Waals surface area contributed by atoms with E-state index >= 15 is 0 Å². The lowest BCUT2D eigenvalue weighted by atomic mass is 10.1. The lowest BCUT2D eigenvalue weighted by molar-refractivity contribution is -0.105. The van der Waals surface area contributed by atoms with Crippen LogP contribution in [0.15, 0.2) is 27.9 Å². The van der Waals surface area contributed by atoms with Crippen LogP contribution in [0.5, 0.6) is 0 Å². The van der Waals surface area contributed by atoms with Crippen molar-refractivity contribution in [2.45, 2.75) is 25.4 Å². The first kappa shape index (κ1) is 12.7. The zero-order valence-corrected chi connectivity index (χ0v) is 9.74. The van der Waals surface area contributed by atoms with E-state index in [1.807, 2.05) is 0 Å². The molecule has 7 heteroatoms. The van der Waals surface area contributed by atoms with Crippen LogP contribution in [0, 0.1) is 6.92 Å². The second kappa shape index (κ2) is 4.89. The molecule has 0 saturated carbocycles. The molecule has 0 spiro atoms. The molecule has 2 heterocycles. The number of hydrogen-bond donors (Lipinski definition) is 3. The summed E-state index contributed by atoms with van der Waals surface area (Å²) in [7, 11) is 0. The number of aromatic amines is 1. The molecule has 18 heavy (non-hydrogen) atoms. The van der Waals surface area contributed by atoms with Crippen molar-refractivity contribution in [3.63, 3.8) is 0 Å². The van der Waals surface area contributed by atoms with Crippen LogP contribution >= 0.6 is 0 Å². The Labute approximate surface area is 102 Å². The maximum absolute atomic E-state index is 11.6. The van der Waals surface area contributed by atoms with Crippen LogP contribution < -0.4 is 11.2 Å². The standard InChI is InChI=1S/C11H14N2O5/c1-6-4-13(11(17)12-10(6)16)9-3-2-7(15)8(5-14)18-9/h2-4,7-9,14-15H,5H2,1H3,(H,12,16,17)/t7-,8+,9-/m1/s1. The van der Waals surface area contributed by atoms with Gasteiger partial charge in [-0.25, -0.2) is 4.79 Å². The maximum Gasteiger partial charge on any atom is 0.330 e. The third kappa shape index (κ3) is 2.28. The lowest BCUT2D eigenvalue weighted by Gasteiger charge is -2.29. The van der Waals surface area contributed by atoms with Crippen LogP contribution in [0.25, 0.3) is 0 Å². The van der Waals surface area contributed by atoms with Gasteiger partial charge in [0.15, 0.2) is 6.23 Å². The SMILES string of the molecule is Cc1cn([C@H]2C=C[C@@H](O)[C@H](CO)O2)c(=O)[nH]c1=O. The summed E-state index contributed by atoms with van der Waals surface area (Å²) in [6, 6.07) is 0. The van der Waals surface area contributed by atoms with E-state index in [4.69, 9.17) is 9.84 Å². The van der Waals surface area contributed by atoms with Crippen molar-refractivity contribution in [2.24, 2.45) is 0 Å². The molecule has 3 N–H and O–H groups in total. The Hall–Kier alpha value is -1.70. The third-order valence-electron chi connectivity index (χ3n) is 2.77. The predicted molar refractivity (Wildman–Crippen MR) is 62.2 cm³/mol. The number of ether oxygens (including phenoxy) is 1. The summed E-state index contributed by atoms with van der Waals surface area (Å²) in [4.78, 5) is 25.0. The predicted octanol–water partition coefficient (Wildman–Crippen LogP) is -1.35. The summed E-state index contributed by atoms with van der Waals surface area (Å²) < 4.78 is 6.56. The van der Waals surface area contributed by atoms with Crippen molar-refractivity contribution in [3.05, 3.63) is 44.8 Å². The molecular weight excluding hydrogens is 240 g/mol. The minimum absolute atomic E-state index is 0.362. The average molecular weight is 254 g/mol. The van der Waals surface area contributed by atoms with E-state index in [9.17, 15) is 14.7 Å². The van der Waals surface area contributed by atoms with Crippen molar-refractivity contribution >= 4 is 0 Å². The molecular formula is C11H14N2O5. The Morgan fingerprint density at radius 2 is 2.17 bits per heavy atom. The van der Waals surface area contributed by atoms with E-state index in [1.165, 1.54) is 22.9 Å². The highest BCUT2D eigenvalue weighted by Gasteiger charge is 2.26. The first-order valence-electron chi connectivity index (χ1n) is 5.47. The average Bonchev–Trinajstić information content (AvgIpc) is 2.35. The maximum atomic E-state index is 11.6. The molecule has 0 radical (unpaired) electrons. The van der Waals surface area contributed by atoms with Gasteiger partial charge in [-0.15, -0.1) is 0 Å². The van der Waals surface area contributed by atoms with Crippen molar-refractivity contribution in [2.75, 3.05) is 6.61 Å². The summed E-state index contributed by atoms with van der Waals surface area (Å²) in [5.74, 6) is 0. The fourth-order valence-electron chi connectivity index (χ4n) is 1.72. The minimum atomic E-state index is -0.911. The zero-order valence-electron chi connectivity index (χ0n) is 9.74. The van der Waals surface area contributed by atoms with Gasteiger partial charge >= 0.3 is 5.69 Å². The summed E-state index contributed by atoms with van der Waals surface area (Å²) in [6.07, 6.45) is 1.86. The van der Waals surface area contributed by atoms with E-state index in [0.29, 0.717) is 5.56 Å². The van der Waals surface area contributed by atoms with Gasteiger partial charge in [0, 0.05) is 11.8 Å². The summed E-state index contributed by atoms with van der Waals surface area (Å²) in [5, 5.41) is 18.5. The van der Waals surface area contributed by atoms with Crippen molar-refractivity contribution < 1.29 is 14.9 Å². The molecule has 1 aromatic rings. The molecule has 0 bridgehead atoms. The van der Waals surface area contributed by atoms with Crippen LogP contribution in [-0.4, -0.2) is 38.6 Å². The number of aliphatic hydroxyl groups excluding tert-OH is 2. The number of aromatic nitrogens is 2. The number of hydrogen-bond acceptors (Lipinski definition) is 5. The van der Waals surface area contributed by atoms with E-state index in [1.54, 1.807) is 6.92 Å². The van der Waals surface area contributed by atoms with Gasteiger partial charge in [0.1, 0.15) is 12.2 Å². The van der Waals surface area contributed by atoms with E-state index in [-0.39, 0.29) is 6.61 Å². The monoisotopic (exact) mass is 254 g/mol. The summed E-state index contributed by atoms with van der Waals surface area (Å²) >= 11 is 0. The first-order valence-corrected chi connectivity index (χ1v) is 5.47. The number of aryl methyl sites for hydroxylation is 1. The number of nitrogens with one attached hydrogen (secondary N) is 1. The molecule has 3 atom stereocenters. The Balaban J connectivity index is 2.39. The van der Waals surface area contributed by atoms with E-state index in [2.05, 4.69) is 4.98 Å². The molecule has 0 saturated heterocycles. The molecule has 98 valence electrons. The van der Waals surface area contributed by atoms with Gasteiger partial charge in [-0.2, -0.15) is 0 Å². The van der Waals surface area contributed by atoms with Crippen molar-refractivity contribution in [1.29, 1.82) is 0 Å². The number of rotatable bonds is 2. The molecule has 0 fully saturated rings. The quantitative estimate of drug-likeness (QED) is 0.566. The highest BCUT2D eigenvalue weighted by Crippen LogP contribution is 2.19. The first-order chi connectivity index (χ1) is 8.52. The van der Waals surface area contributed by atoms with Gasteiger partial charge in [0.05, 0.1) is 6.61 Å². The van der Waals surface area contributed by atoms with E-state index in [0.717, 1.165) is 0 Å². The van der Waals surface area contributed by atoms with Gasteiger partial charge in [-0.1, -0.05) is 6.08 Å². The van der Waals surface area contributed by atoms with Crippen LogP contribution in [0.2, 0.25) is 0 Å². The number of nitrogens with zero attached hydrogens (tertiary/aromatic N) is 1. The molecule has 7 nitrogen and oxygen atoms in total. The molecule has 1 aromatic heterocycles. The largest absolute Gasteiger partial charge is 0.394 e. The van der Waals surface area contributed by atoms with Gasteiger partial charge in [0.2, 0.25) is 0 Å². The zero-order chi connectivity index (χ0) is 13.3. The van der Waals surface area contributed by atoms with Crippen molar-refractivity contribution in [1.82, 2.24) is 9.55 Å². The van der Waals surface area contributed by atoms with Crippen molar-refractivity contribution in [3.8, 4) is 0 Å². The summed E-state index contributed by atoms with van der Waals surface area (Å²) in [5.41, 5.74) is -0.679. The van der Waals surface area contributed by atoms with Crippen LogP contribution in [-0.2, 0) is 4.74 Å². The van der Waals surface area contributed by atoms with E-state index < -0.39 is 29.7 Å². The smallest absolute Gasteiger partial charge is 0.330 e. The van der Waals surface area contributed by atoms with Gasteiger partial charge in [0.25, 0.3) is 5.56 Å². The second-order valence-electron chi connectivity index (χ2n) is 4.10. The molecule has 0 aromatic carbocycles. The Kier molecular flexibility index (Phi) is 3.46. The van der Waals surface area contributed by atoms with Crippen LogP contribution in [0.3, 0.4) is 0 Å². The molecule has 0 amide bonds. The van der Waals surface area contributed by atoms with Gasteiger partial charge in [-0.05, 0) is 13.0 Å². The molecule has 0 aliphatic carbocycles. The number of aliphatic hydroxyl groups is 2. The van der Waals surface area contributed by atoms with Crippen LogP contribution in [0.1, 0.15) is 11.8 Å². The highest BCUT2D eigenvalue weighted by atomic mass is 16.5. The Bertz CT molecular complexity index is 574. The number of H-pyrrole nitrogens is 1. The van der Waals surface area contributed by atoms with Gasteiger partial charge < -0.3 is 14.9 Å². The molecule has 2 rings (SSSR count). The Morgan fingerprint density at radius 1 is 1.44 bits per heavy atom. The molecule has 1 aliphatic rings.